The first-order chi connectivity index (χ1) is 9.41. The van der Waals surface area contributed by atoms with E-state index in [1.54, 1.807) is 10.8 Å². The van der Waals surface area contributed by atoms with Crippen molar-refractivity contribution in [1.29, 1.82) is 0 Å². The molecule has 0 aliphatic carbocycles. The summed E-state index contributed by atoms with van der Waals surface area (Å²) in [5.41, 5.74) is 4.75. The number of para-hydroxylation sites is 1. The van der Waals surface area contributed by atoms with Crippen LogP contribution < -0.4 is 10.5 Å². The highest BCUT2D eigenvalue weighted by molar-refractivity contribution is 5.35. The van der Waals surface area contributed by atoms with E-state index in [1.807, 2.05) is 6.92 Å². The van der Waals surface area contributed by atoms with Gasteiger partial charge in [0, 0.05) is 12.7 Å². The summed E-state index contributed by atoms with van der Waals surface area (Å²) in [4.78, 5) is 4.02. The topological polar surface area (TPSA) is 53.1 Å². The molecule has 0 unspecified atom stereocenters. The number of rotatable bonds is 4. The maximum atomic E-state index is 12.8. The standard InChI is InChI=1S/C13H14F3N3O/c1-2-19-7-11(17)18-12(19)8-20-10-6-4-3-5-9(10)13(14,15)16/h3-7H,2,8,17H2,1H3. The largest absolute Gasteiger partial charge is 0.485 e. The molecule has 0 spiro atoms. The van der Waals surface area contributed by atoms with Crippen molar-refractivity contribution in [3.8, 4) is 5.75 Å². The summed E-state index contributed by atoms with van der Waals surface area (Å²) >= 11 is 0. The Kier molecular flexibility index (Phi) is 3.87. The van der Waals surface area contributed by atoms with E-state index >= 15 is 0 Å². The van der Waals surface area contributed by atoms with Crippen molar-refractivity contribution in [3.05, 3.63) is 41.9 Å². The average molecular weight is 285 g/mol. The molecule has 1 heterocycles. The monoisotopic (exact) mass is 285 g/mol. The van der Waals surface area contributed by atoms with E-state index in [2.05, 4.69) is 4.98 Å². The van der Waals surface area contributed by atoms with E-state index in [0.29, 0.717) is 18.2 Å². The van der Waals surface area contributed by atoms with Gasteiger partial charge in [-0.15, -0.1) is 0 Å². The number of aryl methyl sites for hydroxylation is 1. The van der Waals surface area contributed by atoms with Crippen molar-refractivity contribution in [1.82, 2.24) is 9.55 Å². The predicted molar refractivity (Wildman–Crippen MR) is 68.1 cm³/mol. The Balaban J connectivity index is 2.19. The molecule has 20 heavy (non-hydrogen) atoms. The Morgan fingerprint density at radius 1 is 1.30 bits per heavy atom. The summed E-state index contributed by atoms with van der Waals surface area (Å²) in [6.07, 6.45) is -2.83. The second kappa shape index (κ2) is 5.44. The molecular formula is C13H14F3N3O. The Hall–Kier alpha value is -2.18. The van der Waals surface area contributed by atoms with Gasteiger partial charge in [0.05, 0.1) is 5.56 Å². The van der Waals surface area contributed by atoms with Gasteiger partial charge in [-0.3, -0.25) is 0 Å². The van der Waals surface area contributed by atoms with Crippen LogP contribution in [0.3, 0.4) is 0 Å². The fraction of sp³-hybridized carbons (Fsp3) is 0.308. The minimum atomic E-state index is -4.45. The molecule has 0 fully saturated rings. The maximum Gasteiger partial charge on any atom is 0.419 e. The molecule has 0 bridgehead atoms. The minimum Gasteiger partial charge on any atom is -0.485 e. The smallest absolute Gasteiger partial charge is 0.419 e. The number of ether oxygens (including phenoxy) is 1. The number of nitrogens with two attached hydrogens (primary N) is 1. The van der Waals surface area contributed by atoms with Gasteiger partial charge >= 0.3 is 6.18 Å². The summed E-state index contributed by atoms with van der Waals surface area (Å²) in [5, 5.41) is 0. The second-order valence-electron chi connectivity index (χ2n) is 4.15. The van der Waals surface area contributed by atoms with Gasteiger partial charge in [0.15, 0.2) is 0 Å². The third kappa shape index (κ3) is 3.04. The first-order valence-corrected chi connectivity index (χ1v) is 6.02. The Morgan fingerprint density at radius 3 is 2.65 bits per heavy atom. The highest BCUT2D eigenvalue weighted by Gasteiger charge is 2.34. The summed E-state index contributed by atoms with van der Waals surface area (Å²) in [6.45, 7) is 2.43. The first kappa shape index (κ1) is 14.2. The summed E-state index contributed by atoms with van der Waals surface area (Å²) in [7, 11) is 0. The molecule has 0 atom stereocenters. The van der Waals surface area contributed by atoms with Crippen LogP contribution in [0.2, 0.25) is 0 Å². The van der Waals surface area contributed by atoms with Crippen molar-refractivity contribution in [2.75, 3.05) is 5.73 Å². The van der Waals surface area contributed by atoms with E-state index in [-0.39, 0.29) is 12.4 Å². The highest BCUT2D eigenvalue weighted by atomic mass is 19.4. The van der Waals surface area contributed by atoms with Gasteiger partial charge in [-0.05, 0) is 19.1 Å². The van der Waals surface area contributed by atoms with E-state index in [0.717, 1.165) is 6.07 Å². The van der Waals surface area contributed by atoms with E-state index in [9.17, 15) is 13.2 Å². The third-order valence-electron chi connectivity index (χ3n) is 2.77. The molecule has 2 rings (SSSR count). The molecule has 0 aliphatic heterocycles. The van der Waals surface area contributed by atoms with Crippen molar-refractivity contribution < 1.29 is 17.9 Å². The number of aromatic nitrogens is 2. The number of imidazole rings is 1. The zero-order valence-electron chi connectivity index (χ0n) is 10.8. The van der Waals surface area contributed by atoms with Gasteiger partial charge in [0.2, 0.25) is 0 Å². The lowest BCUT2D eigenvalue weighted by molar-refractivity contribution is -0.139. The number of anilines is 1. The van der Waals surface area contributed by atoms with Crippen LogP contribution in [0.25, 0.3) is 0 Å². The number of alkyl halides is 3. The maximum absolute atomic E-state index is 12.8. The Bertz CT molecular complexity index is 593. The molecule has 108 valence electrons. The van der Waals surface area contributed by atoms with Gasteiger partial charge in [-0.2, -0.15) is 13.2 Å². The molecule has 4 nitrogen and oxygen atoms in total. The SMILES string of the molecule is CCn1cc(N)nc1COc1ccccc1C(F)(F)F. The number of hydrogen-bond donors (Lipinski definition) is 1. The van der Waals surface area contributed by atoms with Crippen molar-refractivity contribution in [2.24, 2.45) is 0 Å². The number of nitrogens with zero attached hydrogens (tertiary/aromatic N) is 2. The average Bonchev–Trinajstić information content (AvgIpc) is 2.76. The van der Waals surface area contributed by atoms with Gasteiger partial charge in [-0.25, -0.2) is 4.98 Å². The van der Waals surface area contributed by atoms with Gasteiger partial charge in [0.25, 0.3) is 0 Å². The van der Waals surface area contributed by atoms with Crippen LogP contribution in [0.1, 0.15) is 18.3 Å². The minimum absolute atomic E-state index is 0.0713. The second-order valence-corrected chi connectivity index (χ2v) is 4.15. The summed E-state index contributed by atoms with van der Waals surface area (Å²) < 4.78 is 45.4. The number of halogens is 3. The van der Waals surface area contributed by atoms with Gasteiger partial charge in [0.1, 0.15) is 24.0 Å². The number of hydrogen-bond acceptors (Lipinski definition) is 3. The number of nitrogen functional groups attached to an aromatic ring is 1. The lowest BCUT2D eigenvalue weighted by Gasteiger charge is -2.13. The fourth-order valence-electron chi connectivity index (χ4n) is 1.83. The quantitative estimate of drug-likeness (QED) is 0.939. The molecular weight excluding hydrogens is 271 g/mol. The summed E-state index contributed by atoms with van der Waals surface area (Å²) in [6, 6.07) is 5.08. The summed E-state index contributed by atoms with van der Waals surface area (Å²) in [5.74, 6) is 0.584. The third-order valence-corrected chi connectivity index (χ3v) is 2.77. The van der Waals surface area contributed by atoms with Crippen LogP contribution >= 0.6 is 0 Å². The van der Waals surface area contributed by atoms with E-state index < -0.39 is 11.7 Å². The first-order valence-electron chi connectivity index (χ1n) is 6.02. The normalized spacial score (nSPS) is 11.6. The molecule has 7 heteroatoms. The molecule has 2 N–H and O–H groups in total. The lowest BCUT2D eigenvalue weighted by Crippen LogP contribution is -2.10. The molecule has 1 aromatic carbocycles. The molecule has 0 radical (unpaired) electrons. The lowest BCUT2D eigenvalue weighted by atomic mass is 10.2. The van der Waals surface area contributed by atoms with Gasteiger partial charge in [-0.1, -0.05) is 12.1 Å². The van der Waals surface area contributed by atoms with E-state index in [1.165, 1.54) is 18.2 Å². The van der Waals surface area contributed by atoms with Crippen LogP contribution in [-0.4, -0.2) is 9.55 Å². The van der Waals surface area contributed by atoms with Crippen LogP contribution in [0.15, 0.2) is 30.5 Å². The van der Waals surface area contributed by atoms with E-state index in [4.69, 9.17) is 10.5 Å². The van der Waals surface area contributed by atoms with Gasteiger partial charge < -0.3 is 15.0 Å². The van der Waals surface area contributed by atoms with Crippen molar-refractivity contribution in [3.63, 3.8) is 0 Å². The number of benzene rings is 1. The Morgan fingerprint density at radius 2 is 2.00 bits per heavy atom. The van der Waals surface area contributed by atoms with Crippen molar-refractivity contribution in [2.45, 2.75) is 26.3 Å². The molecule has 2 aromatic rings. The molecule has 1 aromatic heterocycles. The predicted octanol–water partition coefficient (Wildman–Crippen LogP) is 3.08. The van der Waals surface area contributed by atoms with Crippen molar-refractivity contribution >= 4 is 5.82 Å². The molecule has 0 saturated heterocycles. The van der Waals surface area contributed by atoms with Crippen LogP contribution in [-0.2, 0) is 19.3 Å². The van der Waals surface area contributed by atoms with Crippen LogP contribution in [0.5, 0.6) is 5.75 Å². The Labute approximate surface area is 114 Å². The van der Waals surface area contributed by atoms with Crippen LogP contribution in [0.4, 0.5) is 19.0 Å². The fourth-order valence-corrected chi connectivity index (χ4v) is 1.83. The zero-order valence-corrected chi connectivity index (χ0v) is 10.8. The van der Waals surface area contributed by atoms with Crippen LogP contribution in [0, 0.1) is 0 Å². The molecule has 0 amide bonds. The molecule has 0 aliphatic rings. The molecule has 0 saturated carbocycles. The zero-order chi connectivity index (χ0) is 14.8. The highest BCUT2D eigenvalue weighted by Crippen LogP contribution is 2.36.